The molecule has 3 rings (SSSR count). The number of hydrogen-bond donors (Lipinski definition) is 1. The number of para-hydroxylation sites is 2. The number of nitrogens with one attached hydrogen (secondary N) is 1. The number of rotatable bonds is 4. The summed E-state index contributed by atoms with van der Waals surface area (Å²) < 4.78 is 7.23. The molecule has 6 heteroatoms. The van der Waals surface area contributed by atoms with Crippen LogP contribution in [0.1, 0.15) is 23.0 Å². The van der Waals surface area contributed by atoms with Gasteiger partial charge in [-0.3, -0.25) is 9.48 Å². The van der Waals surface area contributed by atoms with Gasteiger partial charge in [0.1, 0.15) is 5.75 Å². The molecule has 0 fully saturated rings. The van der Waals surface area contributed by atoms with Gasteiger partial charge in [-0.2, -0.15) is 5.10 Å². The lowest BCUT2D eigenvalue weighted by Gasteiger charge is -2.11. The predicted molar refractivity (Wildman–Crippen MR) is 88.8 cm³/mol. The molecule has 1 aromatic carbocycles. The van der Waals surface area contributed by atoms with Crippen LogP contribution in [-0.4, -0.2) is 27.3 Å². The number of carbonyl (C=O) groups is 1. The van der Waals surface area contributed by atoms with E-state index in [1.165, 1.54) is 0 Å². The van der Waals surface area contributed by atoms with Crippen molar-refractivity contribution in [1.29, 1.82) is 0 Å². The molecule has 0 radical (unpaired) electrons. The number of hydrogen-bond acceptors (Lipinski definition) is 4. The van der Waals surface area contributed by atoms with Crippen LogP contribution >= 0.6 is 0 Å². The molecule has 0 bridgehead atoms. The SMILES string of the molecule is CCOc1ccccc1NC(=O)c1cnc2c(c1)c(C)nn2C. The topological polar surface area (TPSA) is 69.0 Å². The van der Waals surface area contributed by atoms with Crippen LogP contribution < -0.4 is 10.1 Å². The molecule has 0 unspecified atom stereocenters. The Bertz CT molecular complexity index is 870. The zero-order valence-electron chi connectivity index (χ0n) is 13.3. The van der Waals surface area contributed by atoms with Crippen molar-refractivity contribution in [3.05, 3.63) is 47.8 Å². The van der Waals surface area contributed by atoms with E-state index in [1.54, 1.807) is 10.9 Å². The first-order chi connectivity index (χ1) is 11.1. The highest BCUT2D eigenvalue weighted by molar-refractivity contribution is 6.06. The molecule has 23 heavy (non-hydrogen) atoms. The van der Waals surface area contributed by atoms with E-state index >= 15 is 0 Å². The minimum absolute atomic E-state index is 0.227. The van der Waals surface area contributed by atoms with Gasteiger partial charge in [0.25, 0.3) is 5.91 Å². The first kappa shape index (κ1) is 15.0. The van der Waals surface area contributed by atoms with E-state index in [0.29, 0.717) is 23.6 Å². The van der Waals surface area contributed by atoms with Crippen LogP contribution in [0.4, 0.5) is 5.69 Å². The number of ether oxygens (including phenoxy) is 1. The van der Waals surface area contributed by atoms with Crippen molar-refractivity contribution in [2.75, 3.05) is 11.9 Å². The Morgan fingerprint density at radius 1 is 1.35 bits per heavy atom. The summed E-state index contributed by atoms with van der Waals surface area (Å²) in [5.41, 5.74) is 2.73. The van der Waals surface area contributed by atoms with E-state index in [0.717, 1.165) is 16.7 Å². The quantitative estimate of drug-likeness (QED) is 0.804. The maximum atomic E-state index is 12.5. The van der Waals surface area contributed by atoms with Crippen LogP contribution in [0.3, 0.4) is 0 Å². The van der Waals surface area contributed by atoms with Gasteiger partial charge in [0.15, 0.2) is 5.65 Å². The van der Waals surface area contributed by atoms with Crippen molar-refractivity contribution in [2.24, 2.45) is 7.05 Å². The zero-order valence-corrected chi connectivity index (χ0v) is 13.3. The van der Waals surface area contributed by atoms with Crippen LogP contribution in [0.5, 0.6) is 5.75 Å². The number of aromatic nitrogens is 3. The van der Waals surface area contributed by atoms with E-state index in [9.17, 15) is 4.79 Å². The second kappa shape index (κ2) is 6.08. The highest BCUT2D eigenvalue weighted by atomic mass is 16.5. The molecular weight excluding hydrogens is 292 g/mol. The standard InChI is InChI=1S/C17H18N4O2/c1-4-23-15-8-6-5-7-14(15)19-17(22)12-9-13-11(2)20-21(3)16(13)18-10-12/h5-10H,4H2,1-3H3,(H,19,22). The van der Waals surface area contributed by atoms with E-state index < -0.39 is 0 Å². The van der Waals surface area contributed by atoms with Crippen LogP contribution in [0.2, 0.25) is 0 Å². The average Bonchev–Trinajstić information content (AvgIpc) is 2.83. The molecule has 0 spiro atoms. The summed E-state index contributed by atoms with van der Waals surface area (Å²) >= 11 is 0. The van der Waals surface area contributed by atoms with Crippen LogP contribution in [-0.2, 0) is 7.05 Å². The molecule has 0 aliphatic rings. The van der Waals surface area contributed by atoms with Crippen molar-refractivity contribution in [3.8, 4) is 5.75 Å². The van der Waals surface area contributed by atoms with Crippen LogP contribution in [0.25, 0.3) is 11.0 Å². The van der Waals surface area contributed by atoms with Crippen LogP contribution in [0, 0.1) is 6.92 Å². The third kappa shape index (κ3) is 2.88. The molecule has 0 aliphatic carbocycles. The number of aryl methyl sites for hydroxylation is 2. The van der Waals surface area contributed by atoms with Crippen LogP contribution in [0.15, 0.2) is 36.5 Å². The lowest BCUT2D eigenvalue weighted by atomic mass is 10.2. The molecule has 0 aliphatic heterocycles. The first-order valence-corrected chi connectivity index (χ1v) is 7.42. The fourth-order valence-electron chi connectivity index (χ4n) is 2.48. The number of fused-ring (bicyclic) bond motifs is 1. The Morgan fingerprint density at radius 2 is 2.13 bits per heavy atom. The number of anilines is 1. The summed E-state index contributed by atoms with van der Waals surface area (Å²) in [6.45, 7) is 4.34. The molecule has 0 saturated carbocycles. The van der Waals surface area contributed by atoms with Gasteiger partial charge in [-0.15, -0.1) is 0 Å². The first-order valence-electron chi connectivity index (χ1n) is 7.42. The van der Waals surface area contributed by atoms with Crippen molar-refractivity contribution >= 4 is 22.6 Å². The second-order valence-electron chi connectivity index (χ2n) is 5.19. The van der Waals surface area contributed by atoms with E-state index in [1.807, 2.05) is 51.2 Å². The maximum Gasteiger partial charge on any atom is 0.257 e. The Kier molecular flexibility index (Phi) is 3.97. The Balaban J connectivity index is 1.90. The highest BCUT2D eigenvalue weighted by Crippen LogP contribution is 2.25. The Morgan fingerprint density at radius 3 is 2.91 bits per heavy atom. The molecule has 118 valence electrons. The zero-order chi connectivity index (χ0) is 16.4. The molecule has 2 heterocycles. The Labute approximate surface area is 134 Å². The summed E-state index contributed by atoms with van der Waals surface area (Å²) in [4.78, 5) is 16.8. The van der Waals surface area contributed by atoms with Crippen molar-refractivity contribution < 1.29 is 9.53 Å². The van der Waals surface area contributed by atoms with E-state index in [-0.39, 0.29) is 5.91 Å². The van der Waals surface area contributed by atoms with Crippen molar-refractivity contribution in [3.63, 3.8) is 0 Å². The normalized spacial score (nSPS) is 10.7. The molecule has 1 N–H and O–H groups in total. The largest absolute Gasteiger partial charge is 0.492 e. The fraction of sp³-hybridized carbons (Fsp3) is 0.235. The number of carbonyl (C=O) groups excluding carboxylic acids is 1. The van der Waals surface area contributed by atoms with Gasteiger partial charge < -0.3 is 10.1 Å². The minimum Gasteiger partial charge on any atom is -0.492 e. The van der Waals surface area contributed by atoms with Crippen molar-refractivity contribution in [2.45, 2.75) is 13.8 Å². The third-order valence-electron chi connectivity index (χ3n) is 3.56. The van der Waals surface area contributed by atoms with Gasteiger partial charge in [0.05, 0.1) is 23.6 Å². The lowest BCUT2D eigenvalue weighted by Crippen LogP contribution is -2.13. The number of amides is 1. The predicted octanol–water partition coefficient (Wildman–Crippen LogP) is 2.93. The van der Waals surface area contributed by atoms with E-state index in [2.05, 4.69) is 15.4 Å². The van der Waals surface area contributed by atoms with Gasteiger partial charge in [-0.25, -0.2) is 4.98 Å². The average molecular weight is 310 g/mol. The molecule has 2 aromatic heterocycles. The molecule has 0 atom stereocenters. The highest BCUT2D eigenvalue weighted by Gasteiger charge is 2.13. The number of nitrogens with zero attached hydrogens (tertiary/aromatic N) is 3. The van der Waals surface area contributed by atoms with Gasteiger partial charge in [0, 0.05) is 18.6 Å². The minimum atomic E-state index is -0.227. The van der Waals surface area contributed by atoms with Gasteiger partial charge in [-0.05, 0) is 32.0 Å². The summed E-state index contributed by atoms with van der Waals surface area (Å²) in [6, 6.07) is 9.16. The van der Waals surface area contributed by atoms with E-state index in [4.69, 9.17) is 4.74 Å². The molecule has 1 amide bonds. The van der Waals surface area contributed by atoms with Gasteiger partial charge >= 0.3 is 0 Å². The molecule has 0 saturated heterocycles. The van der Waals surface area contributed by atoms with Crippen molar-refractivity contribution in [1.82, 2.24) is 14.8 Å². The van der Waals surface area contributed by atoms with Gasteiger partial charge in [-0.1, -0.05) is 12.1 Å². The smallest absolute Gasteiger partial charge is 0.257 e. The molecular formula is C17H18N4O2. The maximum absolute atomic E-state index is 12.5. The summed E-state index contributed by atoms with van der Waals surface area (Å²) in [5.74, 6) is 0.421. The lowest BCUT2D eigenvalue weighted by molar-refractivity contribution is 0.102. The summed E-state index contributed by atoms with van der Waals surface area (Å²) in [5, 5.41) is 8.06. The summed E-state index contributed by atoms with van der Waals surface area (Å²) in [7, 11) is 1.83. The molecule has 3 aromatic rings. The second-order valence-corrected chi connectivity index (χ2v) is 5.19. The van der Waals surface area contributed by atoms with Gasteiger partial charge in [0.2, 0.25) is 0 Å². The molecule has 6 nitrogen and oxygen atoms in total. The fourth-order valence-corrected chi connectivity index (χ4v) is 2.48. The summed E-state index contributed by atoms with van der Waals surface area (Å²) in [6.07, 6.45) is 1.56. The number of pyridine rings is 1. The third-order valence-corrected chi connectivity index (χ3v) is 3.56. The Hall–Kier alpha value is -2.89. The monoisotopic (exact) mass is 310 g/mol. The number of benzene rings is 1.